The normalized spacial score (nSPS) is 22.8. The van der Waals surface area contributed by atoms with Crippen molar-refractivity contribution >= 4 is 11.7 Å². The Kier molecular flexibility index (Phi) is 2.93. The number of hydrogen-bond acceptors (Lipinski definition) is 4. The first kappa shape index (κ1) is 11.3. The van der Waals surface area contributed by atoms with E-state index >= 15 is 0 Å². The molecule has 4 N–H and O–H groups in total. The van der Waals surface area contributed by atoms with Crippen LogP contribution in [0, 0.1) is 0 Å². The fourth-order valence-electron chi connectivity index (χ4n) is 1.87. The molecular weight excluding hydrogens is 220 g/mol. The number of aliphatic hydroxyl groups is 1. The van der Waals surface area contributed by atoms with Crippen molar-refractivity contribution in [1.82, 2.24) is 5.32 Å². The van der Waals surface area contributed by atoms with Crippen molar-refractivity contribution in [2.75, 3.05) is 0 Å². The van der Waals surface area contributed by atoms with Crippen LogP contribution in [-0.2, 0) is 4.79 Å². The first-order valence-electron chi connectivity index (χ1n) is 5.14. The number of Topliss-reactive ketones (excluding diaryl/α,β-unsaturated/α-hetero) is 1. The van der Waals surface area contributed by atoms with Crippen LogP contribution in [-0.4, -0.2) is 22.8 Å². The van der Waals surface area contributed by atoms with E-state index in [1.807, 2.05) is 0 Å². The van der Waals surface area contributed by atoms with E-state index in [2.05, 4.69) is 5.32 Å². The van der Waals surface area contributed by atoms with Crippen molar-refractivity contribution in [1.29, 1.82) is 0 Å². The zero-order chi connectivity index (χ0) is 12.4. The van der Waals surface area contributed by atoms with Gasteiger partial charge in [-0.2, -0.15) is 0 Å². The predicted molar refractivity (Wildman–Crippen MR) is 61.0 cm³/mol. The van der Waals surface area contributed by atoms with E-state index in [1.165, 1.54) is 6.20 Å². The number of carbonyl (C=O) groups excluding carboxylic acids is 2. The third-order valence-corrected chi connectivity index (χ3v) is 2.67. The van der Waals surface area contributed by atoms with E-state index in [0.717, 1.165) is 6.08 Å². The molecule has 1 aromatic carbocycles. The molecule has 1 amide bonds. The van der Waals surface area contributed by atoms with Crippen LogP contribution in [0.1, 0.15) is 22.0 Å². The molecule has 88 valence electrons. The van der Waals surface area contributed by atoms with Gasteiger partial charge in [-0.25, -0.2) is 0 Å². The number of fused-ring (bicyclic) bond motifs is 1. The summed E-state index contributed by atoms with van der Waals surface area (Å²) in [6.07, 6.45) is 1.47. The molecule has 0 radical (unpaired) electrons. The van der Waals surface area contributed by atoms with E-state index in [9.17, 15) is 14.7 Å². The molecule has 2 rings (SSSR count). The number of primary amides is 1. The second kappa shape index (κ2) is 4.39. The van der Waals surface area contributed by atoms with Crippen molar-refractivity contribution in [2.24, 2.45) is 5.73 Å². The average Bonchev–Trinajstić information content (AvgIpc) is 2.54. The minimum atomic E-state index is -0.906. The van der Waals surface area contributed by atoms with Gasteiger partial charge < -0.3 is 16.2 Å². The van der Waals surface area contributed by atoms with Crippen LogP contribution in [0.4, 0.5) is 0 Å². The summed E-state index contributed by atoms with van der Waals surface area (Å²) in [4.78, 5) is 22.4. The van der Waals surface area contributed by atoms with Gasteiger partial charge in [0.15, 0.2) is 5.78 Å². The molecule has 1 aliphatic carbocycles. The highest BCUT2D eigenvalue weighted by Gasteiger charge is 2.37. The van der Waals surface area contributed by atoms with E-state index < -0.39 is 18.1 Å². The highest BCUT2D eigenvalue weighted by atomic mass is 16.3. The fraction of sp³-hybridized carbons (Fsp3) is 0.167. The fourth-order valence-corrected chi connectivity index (χ4v) is 1.87. The molecule has 5 nitrogen and oxygen atoms in total. The molecule has 0 bridgehead atoms. The third kappa shape index (κ3) is 2.05. The molecule has 0 aliphatic heterocycles. The van der Waals surface area contributed by atoms with Gasteiger partial charge in [-0.1, -0.05) is 24.3 Å². The van der Waals surface area contributed by atoms with Gasteiger partial charge in [0, 0.05) is 17.8 Å². The number of amides is 1. The second-order valence-electron chi connectivity index (χ2n) is 3.78. The third-order valence-electron chi connectivity index (χ3n) is 2.67. The summed E-state index contributed by atoms with van der Waals surface area (Å²) in [7, 11) is 0. The van der Waals surface area contributed by atoms with E-state index in [1.54, 1.807) is 24.3 Å². The number of ketones is 1. The molecule has 0 saturated carbocycles. The zero-order valence-electron chi connectivity index (χ0n) is 8.96. The summed E-state index contributed by atoms with van der Waals surface area (Å²) in [6.45, 7) is 0. The number of nitrogens with one attached hydrogen (secondary N) is 1. The summed E-state index contributed by atoms with van der Waals surface area (Å²) in [5.41, 5.74) is 6.02. The van der Waals surface area contributed by atoms with Crippen molar-refractivity contribution in [2.45, 2.75) is 12.1 Å². The Morgan fingerprint density at radius 2 is 2.12 bits per heavy atom. The standard InChI is InChI=1S/C12H12N2O3/c13-9(15)5-6-14-10-11(16)7-3-1-2-4-8(7)12(10)17/h1-6,10-11,14,16H,(H2,13,15). The molecule has 0 heterocycles. The molecule has 17 heavy (non-hydrogen) atoms. The number of rotatable bonds is 3. The highest BCUT2D eigenvalue weighted by Crippen LogP contribution is 2.30. The largest absolute Gasteiger partial charge is 0.386 e. The molecule has 1 aromatic rings. The van der Waals surface area contributed by atoms with Gasteiger partial charge in [-0.05, 0) is 5.56 Å². The first-order chi connectivity index (χ1) is 8.11. The van der Waals surface area contributed by atoms with Gasteiger partial charge in [0.05, 0.1) is 0 Å². The van der Waals surface area contributed by atoms with Crippen molar-refractivity contribution in [3.05, 3.63) is 47.7 Å². The van der Waals surface area contributed by atoms with Crippen LogP contribution in [0.5, 0.6) is 0 Å². The van der Waals surface area contributed by atoms with Gasteiger partial charge in [-0.15, -0.1) is 0 Å². The molecule has 1 aliphatic rings. The number of nitrogens with two attached hydrogens (primary N) is 1. The summed E-state index contributed by atoms with van der Waals surface area (Å²) in [5.74, 6) is -0.808. The first-order valence-corrected chi connectivity index (χ1v) is 5.14. The lowest BCUT2D eigenvalue weighted by Gasteiger charge is -2.13. The van der Waals surface area contributed by atoms with E-state index in [0.29, 0.717) is 11.1 Å². The van der Waals surface area contributed by atoms with Crippen molar-refractivity contribution in [3.8, 4) is 0 Å². The topological polar surface area (TPSA) is 92.4 Å². The summed E-state index contributed by atoms with van der Waals surface area (Å²) in [6, 6.07) is 6.11. The molecular formula is C12H12N2O3. The van der Waals surface area contributed by atoms with Crippen LogP contribution in [0.2, 0.25) is 0 Å². The summed E-state index contributed by atoms with van der Waals surface area (Å²) >= 11 is 0. The Morgan fingerprint density at radius 3 is 2.76 bits per heavy atom. The van der Waals surface area contributed by atoms with Crippen molar-refractivity contribution < 1.29 is 14.7 Å². The SMILES string of the molecule is NC(=O)C=CNC1C(=O)c2ccccc2C1O. The Balaban J connectivity index is 2.18. The van der Waals surface area contributed by atoms with Gasteiger partial charge in [0.2, 0.25) is 5.91 Å². The predicted octanol–water partition coefficient (Wildman–Crippen LogP) is -0.127. The quantitative estimate of drug-likeness (QED) is 0.633. The Hall–Kier alpha value is -2.14. The summed E-state index contributed by atoms with van der Waals surface area (Å²) in [5, 5.41) is 12.6. The number of aliphatic hydroxyl groups excluding tert-OH is 1. The molecule has 0 aromatic heterocycles. The maximum atomic E-state index is 11.9. The van der Waals surface area contributed by atoms with Crippen LogP contribution in [0.3, 0.4) is 0 Å². The van der Waals surface area contributed by atoms with Crippen LogP contribution in [0.15, 0.2) is 36.5 Å². The minimum Gasteiger partial charge on any atom is -0.386 e. The maximum absolute atomic E-state index is 11.9. The number of benzene rings is 1. The summed E-state index contributed by atoms with van der Waals surface area (Å²) < 4.78 is 0. The maximum Gasteiger partial charge on any atom is 0.242 e. The molecule has 2 atom stereocenters. The monoisotopic (exact) mass is 232 g/mol. The van der Waals surface area contributed by atoms with E-state index in [4.69, 9.17) is 5.73 Å². The van der Waals surface area contributed by atoms with Crippen LogP contribution < -0.4 is 11.1 Å². The van der Waals surface area contributed by atoms with Gasteiger partial charge in [0.25, 0.3) is 0 Å². The van der Waals surface area contributed by atoms with Gasteiger partial charge in [-0.3, -0.25) is 9.59 Å². The molecule has 5 heteroatoms. The van der Waals surface area contributed by atoms with Crippen molar-refractivity contribution in [3.63, 3.8) is 0 Å². The molecule has 0 saturated heterocycles. The van der Waals surface area contributed by atoms with Gasteiger partial charge >= 0.3 is 0 Å². The highest BCUT2D eigenvalue weighted by molar-refractivity contribution is 6.05. The van der Waals surface area contributed by atoms with Crippen LogP contribution in [0.25, 0.3) is 0 Å². The Bertz CT molecular complexity index is 496. The zero-order valence-corrected chi connectivity index (χ0v) is 8.96. The van der Waals surface area contributed by atoms with E-state index in [-0.39, 0.29) is 5.78 Å². The lowest BCUT2D eigenvalue weighted by atomic mass is 10.1. The Morgan fingerprint density at radius 1 is 1.41 bits per heavy atom. The number of carbonyl (C=O) groups is 2. The van der Waals surface area contributed by atoms with Gasteiger partial charge in [0.1, 0.15) is 12.1 Å². The second-order valence-corrected chi connectivity index (χ2v) is 3.78. The lowest BCUT2D eigenvalue weighted by molar-refractivity contribution is -0.113. The lowest BCUT2D eigenvalue weighted by Crippen LogP contribution is -2.33. The number of hydrogen-bond donors (Lipinski definition) is 3. The average molecular weight is 232 g/mol. The smallest absolute Gasteiger partial charge is 0.242 e. The molecule has 0 fully saturated rings. The Labute approximate surface area is 97.9 Å². The molecule has 0 spiro atoms. The van der Waals surface area contributed by atoms with Crippen LogP contribution >= 0.6 is 0 Å². The minimum absolute atomic E-state index is 0.192. The molecule has 2 unspecified atom stereocenters.